The van der Waals surface area contributed by atoms with Gasteiger partial charge in [0.05, 0.1) is 17.3 Å². The van der Waals surface area contributed by atoms with Gasteiger partial charge in [-0.2, -0.15) is 0 Å². The molecule has 0 aliphatic carbocycles. The molecule has 1 aromatic rings. The average molecular weight is 202 g/mol. The van der Waals surface area contributed by atoms with Crippen LogP contribution >= 0.6 is 11.6 Å². The first-order valence-corrected chi connectivity index (χ1v) is 3.85. The van der Waals surface area contributed by atoms with Crippen LogP contribution < -0.4 is 5.32 Å². The molecule has 0 aliphatic heterocycles. The van der Waals surface area contributed by atoms with Crippen molar-refractivity contribution in [1.82, 2.24) is 0 Å². The van der Waals surface area contributed by atoms with Gasteiger partial charge in [-0.1, -0.05) is 17.5 Å². The summed E-state index contributed by atoms with van der Waals surface area (Å²) in [6.45, 7) is 0.141. The Bertz CT molecular complexity index is 334. The third kappa shape index (κ3) is 2.33. The Morgan fingerprint density at radius 3 is 2.69 bits per heavy atom. The Kier molecular flexibility index (Phi) is 3.10. The molecule has 0 aromatic heterocycles. The smallest absolute Gasteiger partial charge is 0.150 e. The molecule has 0 bridgehead atoms. The number of nitrogens with one attached hydrogen (secondary N) is 1. The molecule has 0 radical (unpaired) electrons. The first kappa shape index (κ1) is 9.82. The number of benzene rings is 1. The first-order chi connectivity index (χ1) is 6.15. The van der Waals surface area contributed by atoms with Gasteiger partial charge >= 0.3 is 0 Å². The number of hydrogen-bond acceptors (Lipinski definition) is 1. The molecule has 0 spiro atoms. The van der Waals surface area contributed by atoms with Gasteiger partial charge in [-0.15, -0.1) is 6.42 Å². The van der Waals surface area contributed by atoms with E-state index in [0.717, 1.165) is 12.1 Å². The molecule has 0 unspecified atom stereocenters. The van der Waals surface area contributed by atoms with Crippen LogP contribution in [0.3, 0.4) is 0 Å². The summed E-state index contributed by atoms with van der Waals surface area (Å²) in [7, 11) is 0. The highest BCUT2D eigenvalue weighted by atomic mass is 35.5. The SMILES string of the molecule is C#CCNc1c(F)cc(F)cc1Cl. The van der Waals surface area contributed by atoms with Crippen molar-refractivity contribution in [3.8, 4) is 12.3 Å². The minimum absolute atomic E-state index is 0.0206. The standard InChI is InChI=1S/C9H6ClF2N/c1-2-3-13-9-7(10)4-6(11)5-8(9)12/h1,4-5,13H,3H2. The van der Waals surface area contributed by atoms with Crippen LogP contribution in [0.1, 0.15) is 0 Å². The lowest BCUT2D eigenvalue weighted by molar-refractivity contribution is 0.585. The summed E-state index contributed by atoms with van der Waals surface area (Å²) in [6, 6.07) is 1.76. The molecule has 0 saturated carbocycles. The Morgan fingerprint density at radius 2 is 2.15 bits per heavy atom. The molecule has 68 valence electrons. The van der Waals surface area contributed by atoms with Crippen molar-refractivity contribution in [1.29, 1.82) is 0 Å². The molecule has 0 amide bonds. The molecule has 1 rings (SSSR count). The van der Waals surface area contributed by atoms with E-state index in [-0.39, 0.29) is 17.3 Å². The molecular formula is C9H6ClF2N. The van der Waals surface area contributed by atoms with Crippen LogP contribution in [-0.2, 0) is 0 Å². The fourth-order valence-corrected chi connectivity index (χ4v) is 1.11. The van der Waals surface area contributed by atoms with Crippen molar-refractivity contribution in [2.75, 3.05) is 11.9 Å². The lowest BCUT2D eigenvalue weighted by atomic mass is 10.3. The van der Waals surface area contributed by atoms with Gasteiger partial charge in [-0.05, 0) is 6.07 Å². The van der Waals surface area contributed by atoms with Gasteiger partial charge in [-0.25, -0.2) is 8.78 Å². The van der Waals surface area contributed by atoms with E-state index >= 15 is 0 Å². The maximum absolute atomic E-state index is 13.0. The highest BCUT2D eigenvalue weighted by Gasteiger charge is 2.08. The van der Waals surface area contributed by atoms with Crippen molar-refractivity contribution in [3.05, 3.63) is 28.8 Å². The summed E-state index contributed by atoms with van der Waals surface area (Å²) in [5.74, 6) is 0.791. The van der Waals surface area contributed by atoms with E-state index in [4.69, 9.17) is 18.0 Å². The maximum atomic E-state index is 13.0. The van der Waals surface area contributed by atoms with Crippen LogP contribution in [0, 0.1) is 24.0 Å². The Morgan fingerprint density at radius 1 is 1.46 bits per heavy atom. The lowest BCUT2D eigenvalue weighted by Crippen LogP contribution is -2.02. The zero-order chi connectivity index (χ0) is 9.84. The predicted molar refractivity (Wildman–Crippen MR) is 48.7 cm³/mol. The molecular weight excluding hydrogens is 196 g/mol. The van der Waals surface area contributed by atoms with Gasteiger partial charge in [0.1, 0.15) is 5.82 Å². The van der Waals surface area contributed by atoms with Gasteiger partial charge in [0.25, 0.3) is 0 Å². The van der Waals surface area contributed by atoms with Crippen LogP contribution in [0.15, 0.2) is 12.1 Å². The molecule has 0 atom stereocenters. The first-order valence-electron chi connectivity index (χ1n) is 3.47. The monoisotopic (exact) mass is 201 g/mol. The van der Waals surface area contributed by atoms with Gasteiger partial charge in [0.2, 0.25) is 0 Å². The fraction of sp³-hybridized carbons (Fsp3) is 0.111. The molecule has 0 fully saturated rings. The summed E-state index contributed by atoms with van der Waals surface area (Å²) >= 11 is 5.56. The highest BCUT2D eigenvalue weighted by Crippen LogP contribution is 2.25. The number of halogens is 3. The topological polar surface area (TPSA) is 12.0 Å². The zero-order valence-corrected chi connectivity index (χ0v) is 7.33. The highest BCUT2D eigenvalue weighted by molar-refractivity contribution is 6.33. The zero-order valence-electron chi connectivity index (χ0n) is 6.57. The Hall–Kier alpha value is -1.27. The van der Waals surface area contributed by atoms with Crippen molar-refractivity contribution < 1.29 is 8.78 Å². The van der Waals surface area contributed by atoms with Gasteiger partial charge in [0, 0.05) is 6.07 Å². The molecule has 4 heteroatoms. The van der Waals surface area contributed by atoms with Crippen LogP contribution in [0.2, 0.25) is 5.02 Å². The number of anilines is 1. The van der Waals surface area contributed by atoms with Gasteiger partial charge in [0.15, 0.2) is 5.82 Å². The second kappa shape index (κ2) is 4.11. The van der Waals surface area contributed by atoms with Crippen LogP contribution in [0.4, 0.5) is 14.5 Å². The summed E-state index contributed by atoms with van der Waals surface area (Å²) in [4.78, 5) is 0. The Balaban J connectivity index is 3.00. The number of hydrogen-bond donors (Lipinski definition) is 1. The van der Waals surface area contributed by atoms with Crippen LogP contribution in [0.5, 0.6) is 0 Å². The summed E-state index contributed by atoms with van der Waals surface area (Å²) in [6.07, 6.45) is 4.95. The minimum Gasteiger partial charge on any atom is -0.371 e. The van der Waals surface area contributed by atoms with E-state index in [1.54, 1.807) is 0 Å². The molecule has 1 N–H and O–H groups in total. The molecule has 0 heterocycles. The normalized spacial score (nSPS) is 9.38. The minimum atomic E-state index is -0.750. The van der Waals surface area contributed by atoms with E-state index in [1.807, 2.05) is 0 Å². The third-order valence-electron chi connectivity index (χ3n) is 1.37. The fourth-order valence-electron chi connectivity index (χ4n) is 0.851. The van der Waals surface area contributed by atoms with Crippen molar-refractivity contribution >= 4 is 17.3 Å². The lowest BCUT2D eigenvalue weighted by Gasteiger charge is -2.06. The van der Waals surface area contributed by atoms with E-state index in [2.05, 4.69) is 11.2 Å². The van der Waals surface area contributed by atoms with E-state index in [0.29, 0.717) is 0 Å². The average Bonchev–Trinajstić information content (AvgIpc) is 2.02. The van der Waals surface area contributed by atoms with E-state index in [9.17, 15) is 8.78 Å². The number of terminal acetylenes is 1. The van der Waals surface area contributed by atoms with E-state index < -0.39 is 11.6 Å². The van der Waals surface area contributed by atoms with Crippen molar-refractivity contribution in [2.45, 2.75) is 0 Å². The van der Waals surface area contributed by atoms with Gasteiger partial charge < -0.3 is 5.32 Å². The predicted octanol–water partition coefficient (Wildman–Crippen LogP) is 2.66. The van der Waals surface area contributed by atoms with Crippen LogP contribution in [-0.4, -0.2) is 6.54 Å². The molecule has 1 nitrogen and oxygen atoms in total. The van der Waals surface area contributed by atoms with Crippen molar-refractivity contribution in [3.63, 3.8) is 0 Å². The molecule has 13 heavy (non-hydrogen) atoms. The summed E-state index contributed by atoms with van der Waals surface area (Å²) in [5, 5.41) is 2.53. The van der Waals surface area contributed by atoms with Crippen molar-refractivity contribution in [2.24, 2.45) is 0 Å². The van der Waals surface area contributed by atoms with Crippen LogP contribution in [0.25, 0.3) is 0 Å². The molecule has 0 aliphatic rings. The summed E-state index contributed by atoms with van der Waals surface area (Å²) < 4.78 is 25.5. The third-order valence-corrected chi connectivity index (χ3v) is 1.67. The molecule has 0 saturated heterocycles. The van der Waals surface area contributed by atoms with Gasteiger partial charge in [-0.3, -0.25) is 0 Å². The number of rotatable bonds is 2. The van der Waals surface area contributed by atoms with E-state index in [1.165, 1.54) is 0 Å². The maximum Gasteiger partial charge on any atom is 0.150 e. The summed E-state index contributed by atoms with van der Waals surface area (Å²) in [5.41, 5.74) is 0.0287. The second-order valence-electron chi connectivity index (χ2n) is 2.30. The largest absolute Gasteiger partial charge is 0.371 e. The Labute approximate surface area is 79.7 Å². The molecule has 1 aromatic carbocycles. The quantitative estimate of drug-likeness (QED) is 0.726. The second-order valence-corrected chi connectivity index (χ2v) is 2.71.